The lowest BCUT2D eigenvalue weighted by Crippen LogP contribution is -2.23. The van der Waals surface area contributed by atoms with Crippen molar-refractivity contribution in [3.63, 3.8) is 0 Å². The van der Waals surface area contributed by atoms with Crippen LogP contribution in [0.25, 0.3) is 11.1 Å². The molecular weight excluding hydrogens is 234 g/mol. The van der Waals surface area contributed by atoms with Crippen LogP contribution in [-0.4, -0.2) is 18.1 Å². The molecule has 19 heavy (non-hydrogen) atoms. The van der Waals surface area contributed by atoms with Gasteiger partial charge in [0.1, 0.15) is 6.07 Å². The zero-order chi connectivity index (χ0) is 13.7. The van der Waals surface area contributed by atoms with Crippen molar-refractivity contribution in [2.45, 2.75) is 19.4 Å². The Kier molecular flexibility index (Phi) is 4.27. The van der Waals surface area contributed by atoms with Gasteiger partial charge in [0, 0.05) is 24.0 Å². The van der Waals surface area contributed by atoms with Gasteiger partial charge >= 0.3 is 0 Å². The normalized spacial score (nSPS) is 11.8. The Labute approximate surface area is 113 Å². The van der Waals surface area contributed by atoms with Gasteiger partial charge < -0.3 is 5.32 Å². The summed E-state index contributed by atoms with van der Waals surface area (Å²) in [5.74, 6) is 0. The molecule has 3 heteroatoms. The number of aromatic nitrogens is 1. The maximum absolute atomic E-state index is 8.88. The van der Waals surface area contributed by atoms with Crippen molar-refractivity contribution in [1.29, 1.82) is 5.26 Å². The Morgan fingerprint density at radius 2 is 1.95 bits per heavy atom. The second-order valence-electron chi connectivity index (χ2n) is 4.66. The number of nitrogens with one attached hydrogen (secondary N) is 1. The summed E-state index contributed by atoms with van der Waals surface area (Å²) in [6.07, 6.45) is 4.37. The van der Waals surface area contributed by atoms with E-state index in [1.54, 1.807) is 12.4 Å². The number of benzene rings is 1. The number of pyridine rings is 1. The van der Waals surface area contributed by atoms with Crippen molar-refractivity contribution in [1.82, 2.24) is 10.3 Å². The third-order valence-corrected chi connectivity index (χ3v) is 3.19. The highest BCUT2D eigenvalue weighted by atomic mass is 14.8. The van der Waals surface area contributed by atoms with Crippen LogP contribution in [0.3, 0.4) is 0 Å². The van der Waals surface area contributed by atoms with Gasteiger partial charge in [-0.15, -0.1) is 0 Å². The van der Waals surface area contributed by atoms with E-state index in [1.807, 2.05) is 13.1 Å². The third kappa shape index (κ3) is 3.40. The molecule has 0 aliphatic rings. The van der Waals surface area contributed by atoms with E-state index in [2.05, 4.69) is 47.6 Å². The summed E-state index contributed by atoms with van der Waals surface area (Å²) in [5.41, 5.74) is 3.96. The van der Waals surface area contributed by atoms with Gasteiger partial charge in [-0.2, -0.15) is 5.26 Å². The van der Waals surface area contributed by atoms with Crippen LogP contribution in [0.5, 0.6) is 0 Å². The van der Waals surface area contributed by atoms with E-state index in [0.29, 0.717) is 11.6 Å². The molecule has 96 valence electrons. The Morgan fingerprint density at radius 1 is 1.21 bits per heavy atom. The van der Waals surface area contributed by atoms with E-state index in [1.165, 1.54) is 5.56 Å². The number of hydrogen-bond acceptors (Lipinski definition) is 3. The van der Waals surface area contributed by atoms with Gasteiger partial charge in [0.05, 0.1) is 5.56 Å². The predicted octanol–water partition coefficient (Wildman–Crippen LogP) is 2.77. The summed E-state index contributed by atoms with van der Waals surface area (Å²) in [4.78, 5) is 4.08. The van der Waals surface area contributed by atoms with E-state index in [4.69, 9.17) is 5.26 Å². The Morgan fingerprint density at radius 3 is 2.58 bits per heavy atom. The quantitative estimate of drug-likeness (QED) is 0.909. The third-order valence-electron chi connectivity index (χ3n) is 3.19. The largest absolute Gasteiger partial charge is 0.317 e. The molecule has 0 saturated carbocycles. The maximum Gasteiger partial charge on any atom is 0.101 e. The first kappa shape index (κ1) is 13.3. The van der Waals surface area contributed by atoms with Crippen LogP contribution in [0.2, 0.25) is 0 Å². The Bertz CT molecular complexity index is 582. The molecule has 0 aliphatic heterocycles. The molecule has 0 saturated heterocycles. The first-order chi connectivity index (χ1) is 9.22. The second-order valence-corrected chi connectivity index (χ2v) is 4.66. The summed E-state index contributed by atoms with van der Waals surface area (Å²) in [7, 11) is 1.97. The first-order valence-corrected chi connectivity index (χ1v) is 6.34. The molecule has 0 spiro atoms. The zero-order valence-corrected chi connectivity index (χ0v) is 11.2. The fourth-order valence-corrected chi connectivity index (χ4v) is 1.95. The summed E-state index contributed by atoms with van der Waals surface area (Å²) in [5, 5.41) is 12.1. The molecule has 1 atom stereocenters. The molecule has 0 aliphatic carbocycles. The number of hydrogen-bond donors (Lipinski definition) is 1. The topological polar surface area (TPSA) is 48.7 Å². The minimum atomic E-state index is 0.467. The maximum atomic E-state index is 8.88. The van der Waals surface area contributed by atoms with Crippen molar-refractivity contribution >= 4 is 0 Å². The van der Waals surface area contributed by atoms with Gasteiger partial charge in [0.15, 0.2) is 0 Å². The molecule has 1 aromatic carbocycles. The highest BCUT2D eigenvalue weighted by Gasteiger charge is 2.03. The number of likely N-dealkylation sites (N-methyl/N-ethyl adjacent to an activating group) is 1. The van der Waals surface area contributed by atoms with Gasteiger partial charge in [0.2, 0.25) is 0 Å². The molecule has 0 amide bonds. The number of rotatable bonds is 4. The summed E-state index contributed by atoms with van der Waals surface area (Å²) in [6.45, 7) is 2.16. The molecule has 1 aromatic heterocycles. The molecule has 1 unspecified atom stereocenters. The molecule has 3 nitrogen and oxygen atoms in total. The van der Waals surface area contributed by atoms with Crippen LogP contribution < -0.4 is 5.32 Å². The zero-order valence-electron chi connectivity index (χ0n) is 11.2. The van der Waals surface area contributed by atoms with Gasteiger partial charge in [-0.25, -0.2) is 0 Å². The fraction of sp³-hybridized carbons (Fsp3) is 0.250. The van der Waals surface area contributed by atoms with Gasteiger partial charge in [-0.3, -0.25) is 4.98 Å². The number of nitrogens with zero attached hydrogens (tertiary/aromatic N) is 2. The smallest absolute Gasteiger partial charge is 0.101 e. The van der Waals surface area contributed by atoms with Crippen molar-refractivity contribution in [2.75, 3.05) is 7.05 Å². The van der Waals surface area contributed by atoms with E-state index >= 15 is 0 Å². The molecule has 1 N–H and O–H groups in total. The molecule has 0 radical (unpaired) electrons. The average Bonchev–Trinajstić information content (AvgIpc) is 2.48. The van der Waals surface area contributed by atoms with Crippen LogP contribution in [0.1, 0.15) is 18.1 Å². The molecule has 2 aromatic rings. The molecular formula is C16H17N3. The summed E-state index contributed by atoms with van der Waals surface area (Å²) in [6, 6.07) is 12.9. The van der Waals surface area contributed by atoms with Gasteiger partial charge in [0.25, 0.3) is 0 Å². The minimum Gasteiger partial charge on any atom is -0.317 e. The van der Waals surface area contributed by atoms with Crippen molar-refractivity contribution in [3.05, 3.63) is 53.9 Å². The van der Waals surface area contributed by atoms with Crippen LogP contribution in [0.15, 0.2) is 42.7 Å². The van der Waals surface area contributed by atoms with Crippen LogP contribution in [-0.2, 0) is 6.42 Å². The lowest BCUT2D eigenvalue weighted by atomic mass is 10.0. The van der Waals surface area contributed by atoms with E-state index in [-0.39, 0.29) is 0 Å². The molecule has 0 fully saturated rings. The van der Waals surface area contributed by atoms with Crippen LogP contribution in [0.4, 0.5) is 0 Å². The van der Waals surface area contributed by atoms with E-state index in [9.17, 15) is 0 Å². The fourth-order valence-electron chi connectivity index (χ4n) is 1.95. The van der Waals surface area contributed by atoms with E-state index in [0.717, 1.165) is 17.5 Å². The SMILES string of the molecule is CNC(C)Cc1ccc(-c2cncc(C#N)c2)cc1. The standard InChI is InChI=1S/C16H17N3/c1-12(18-2)7-13-3-5-15(6-4-13)16-8-14(9-17)10-19-11-16/h3-6,8,10-12,18H,7H2,1-2H3. The van der Waals surface area contributed by atoms with Gasteiger partial charge in [-0.1, -0.05) is 24.3 Å². The van der Waals surface area contributed by atoms with Crippen molar-refractivity contribution < 1.29 is 0 Å². The molecule has 2 rings (SSSR count). The highest BCUT2D eigenvalue weighted by molar-refractivity contribution is 5.64. The predicted molar refractivity (Wildman–Crippen MR) is 76.6 cm³/mol. The van der Waals surface area contributed by atoms with Gasteiger partial charge in [-0.05, 0) is 37.6 Å². The monoisotopic (exact) mass is 251 g/mol. The Hall–Kier alpha value is -2.18. The summed E-state index contributed by atoms with van der Waals surface area (Å²) < 4.78 is 0. The van der Waals surface area contributed by atoms with Crippen molar-refractivity contribution in [2.24, 2.45) is 0 Å². The molecule has 1 heterocycles. The van der Waals surface area contributed by atoms with Crippen LogP contribution >= 0.6 is 0 Å². The average molecular weight is 251 g/mol. The highest BCUT2D eigenvalue weighted by Crippen LogP contribution is 2.20. The van der Waals surface area contributed by atoms with E-state index < -0.39 is 0 Å². The van der Waals surface area contributed by atoms with Crippen LogP contribution in [0, 0.1) is 11.3 Å². The number of nitriles is 1. The first-order valence-electron chi connectivity index (χ1n) is 6.34. The Balaban J connectivity index is 2.20. The second kappa shape index (κ2) is 6.12. The minimum absolute atomic E-state index is 0.467. The van der Waals surface area contributed by atoms with Crippen molar-refractivity contribution in [3.8, 4) is 17.2 Å². The lowest BCUT2D eigenvalue weighted by molar-refractivity contribution is 0.608. The summed E-state index contributed by atoms with van der Waals surface area (Å²) >= 11 is 0. The lowest BCUT2D eigenvalue weighted by Gasteiger charge is -2.10. The molecule has 0 bridgehead atoms.